The third kappa shape index (κ3) is 8.88. The standard InChI is InChI=1S/C23H39NO5Si/c1-22(2,3)28-21(26)24-18(15-17-13-11-10-12-14-17)19(16-20(25)27-7)29-30(8,9)23(4,5)6/h10-14,18-19H,15-16H2,1-9H3,(H,24,26)/t18-,19+/m0/s1. The Kier molecular flexibility index (Phi) is 9.11. The maximum Gasteiger partial charge on any atom is 0.407 e. The van der Waals surface area contributed by atoms with Gasteiger partial charge in [-0.1, -0.05) is 51.1 Å². The first-order valence-electron chi connectivity index (χ1n) is 10.4. The van der Waals surface area contributed by atoms with Crippen LogP contribution in [0.4, 0.5) is 4.79 Å². The number of methoxy groups -OCH3 is 1. The normalized spacial score (nSPS) is 14.6. The second-order valence-electron chi connectivity index (χ2n) is 10.1. The van der Waals surface area contributed by atoms with Crippen molar-refractivity contribution in [2.24, 2.45) is 0 Å². The van der Waals surface area contributed by atoms with E-state index in [1.165, 1.54) is 7.11 Å². The predicted octanol–water partition coefficient (Wildman–Crippen LogP) is 5.08. The molecule has 0 aliphatic carbocycles. The van der Waals surface area contributed by atoms with Gasteiger partial charge in [-0.05, 0) is 50.9 Å². The average Bonchev–Trinajstić information content (AvgIpc) is 2.58. The predicted molar refractivity (Wildman–Crippen MR) is 122 cm³/mol. The molecule has 170 valence electrons. The zero-order valence-electron chi connectivity index (χ0n) is 20.0. The largest absolute Gasteiger partial charge is 0.469 e. The summed E-state index contributed by atoms with van der Waals surface area (Å²) < 4.78 is 17.0. The fraction of sp³-hybridized carbons (Fsp3) is 0.652. The summed E-state index contributed by atoms with van der Waals surface area (Å²) >= 11 is 0. The van der Waals surface area contributed by atoms with Crippen molar-refractivity contribution >= 4 is 20.4 Å². The van der Waals surface area contributed by atoms with Crippen molar-refractivity contribution in [2.75, 3.05) is 7.11 Å². The van der Waals surface area contributed by atoms with Crippen molar-refractivity contribution in [3.8, 4) is 0 Å². The van der Waals surface area contributed by atoms with Gasteiger partial charge in [0.05, 0.1) is 25.7 Å². The molecule has 1 aromatic carbocycles. The first kappa shape index (κ1) is 26.2. The fourth-order valence-electron chi connectivity index (χ4n) is 2.67. The van der Waals surface area contributed by atoms with E-state index in [1.54, 1.807) is 0 Å². The van der Waals surface area contributed by atoms with Crippen molar-refractivity contribution in [3.05, 3.63) is 35.9 Å². The number of ether oxygens (including phenoxy) is 2. The van der Waals surface area contributed by atoms with Crippen molar-refractivity contribution < 1.29 is 23.5 Å². The fourth-order valence-corrected chi connectivity index (χ4v) is 4.03. The van der Waals surface area contributed by atoms with E-state index < -0.39 is 32.2 Å². The number of alkyl carbamates (subject to hydrolysis) is 1. The van der Waals surface area contributed by atoms with Gasteiger partial charge in [-0.25, -0.2) is 4.79 Å². The molecule has 7 heteroatoms. The molecule has 1 amide bonds. The molecule has 0 bridgehead atoms. The lowest BCUT2D eigenvalue weighted by Crippen LogP contribution is -2.53. The molecule has 0 fully saturated rings. The van der Waals surface area contributed by atoms with E-state index in [1.807, 2.05) is 51.1 Å². The smallest absolute Gasteiger partial charge is 0.407 e. The van der Waals surface area contributed by atoms with Crippen molar-refractivity contribution in [2.45, 2.75) is 90.3 Å². The van der Waals surface area contributed by atoms with E-state index in [0.29, 0.717) is 6.42 Å². The van der Waals surface area contributed by atoms with Gasteiger partial charge in [0.2, 0.25) is 0 Å². The lowest BCUT2D eigenvalue weighted by Gasteiger charge is -2.41. The molecule has 1 aromatic rings. The molecule has 1 rings (SSSR count). The van der Waals surface area contributed by atoms with Crippen LogP contribution >= 0.6 is 0 Å². The van der Waals surface area contributed by atoms with Crippen LogP contribution < -0.4 is 5.32 Å². The summed E-state index contributed by atoms with van der Waals surface area (Å²) in [6.45, 7) is 16.1. The monoisotopic (exact) mass is 437 g/mol. The molecule has 0 spiro atoms. The zero-order valence-corrected chi connectivity index (χ0v) is 21.0. The highest BCUT2D eigenvalue weighted by atomic mass is 28.4. The highest BCUT2D eigenvalue weighted by Crippen LogP contribution is 2.38. The molecule has 2 atom stereocenters. The highest BCUT2D eigenvalue weighted by Gasteiger charge is 2.42. The topological polar surface area (TPSA) is 73.9 Å². The Morgan fingerprint density at radius 2 is 1.60 bits per heavy atom. The van der Waals surface area contributed by atoms with Crippen molar-refractivity contribution in [1.29, 1.82) is 0 Å². The van der Waals surface area contributed by atoms with Gasteiger partial charge in [-0.15, -0.1) is 0 Å². The summed E-state index contributed by atoms with van der Waals surface area (Å²) in [5.74, 6) is -0.372. The van der Waals surface area contributed by atoms with Crippen LogP contribution in [-0.4, -0.2) is 45.2 Å². The summed E-state index contributed by atoms with van der Waals surface area (Å²) in [4.78, 5) is 24.8. The summed E-state index contributed by atoms with van der Waals surface area (Å²) in [5.41, 5.74) is 0.409. The molecule has 0 aromatic heterocycles. The number of carbonyl (C=O) groups excluding carboxylic acids is 2. The van der Waals surface area contributed by atoms with Gasteiger partial charge in [0.1, 0.15) is 5.60 Å². The molecule has 0 saturated carbocycles. The van der Waals surface area contributed by atoms with E-state index in [9.17, 15) is 9.59 Å². The van der Waals surface area contributed by atoms with Crippen molar-refractivity contribution in [1.82, 2.24) is 5.32 Å². The summed E-state index contributed by atoms with van der Waals surface area (Å²) in [7, 11) is -0.865. The Balaban J connectivity index is 3.23. The number of hydrogen-bond acceptors (Lipinski definition) is 5. The first-order valence-corrected chi connectivity index (χ1v) is 13.3. The molecular formula is C23H39NO5Si. The third-order valence-electron chi connectivity index (χ3n) is 5.30. The van der Waals surface area contributed by atoms with Gasteiger partial charge in [-0.3, -0.25) is 4.79 Å². The highest BCUT2D eigenvalue weighted by molar-refractivity contribution is 6.74. The number of nitrogens with one attached hydrogen (secondary N) is 1. The maximum atomic E-state index is 12.6. The number of benzene rings is 1. The number of rotatable bonds is 8. The second-order valence-corrected chi connectivity index (χ2v) is 14.9. The Labute approximate surface area is 182 Å². The third-order valence-corrected chi connectivity index (χ3v) is 9.80. The molecule has 1 N–H and O–H groups in total. The quantitative estimate of drug-likeness (QED) is 0.454. The Morgan fingerprint density at radius 3 is 2.07 bits per heavy atom. The molecule has 6 nitrogen and oxygen atoms in total. The number of esters is 1. The molecule has 0 heterocycles. The second kappa shape index (κ2) is 10.4. The van der Waals surface area contributed by atoms with Gasteiger partial charge in [0, 0.05) is 0 Å². The van der Waals surface area contributed by atoms with Crippen LogP contribution in [0.1, 0.15) is 53.5 Å². The molecule has 0 radical (unpaired) electrons. The summed E-state index contributed by atoms with van der Waals surface area (Å²) in [6.07, 6.45) is -0.504. The summed E-state index contributed by atoms with van der Waals surface area (Å²) in [5, 5.41) is 2.90. The molecule has 0 unspecified atom stereocenters. The lowest BCUT2D eigenvalue weighted by molar-refractivity contribution is -0.143. The Hall–Kier alpha value is -1.86. The van der Waals surface area contributed by atoms with Gasteiger partial charge < -0.3 is 19.2 Å². The van der Waals surface area contributed by atoms with Crippen LogP contribution in [0.15, 0.2) is 30.3 Å². The minimum absolute atomic E-state index is 0.0510. The van der Waals surface area contributed by atoms with Crippen LogP contribution in [0.2, 0.25) is 18.1 Å². The molecule has 30 heavy (non-hydrogen) atoms. The van der Waals surface area contributed by atoms with Crippen LogP contribution in [0.5, 0.6) is 0 Å². The van der Waals surface area contributed by atoms with Crippen molar-refractivity contribution in [3.63, 3.8) is 0 Å². The number of carbonyl (C=O) groups is 2. The van der Waals surface area contributed by atoms with Crippen LogP contribution in [0, 0.1) is 0 Å². The van der Waals surface area contributed by atoms with Crippen LogP contribution in [0.3, 0.4) is 0 Å². The minimum Gasteiger partial charge on any atom is -0.469 e. The zero-order chi connectivity index (χ0) is 23.2. The van der Waals surface area contributed by atoms with E-state index in [4.69, 9.17) is 13.9 Å². The molecule has 0 saturated heterocycles. The Morgan fingerprint density at radius 1 is 1.03 bits per heavy atom. The van der Waals surface area contributed by atoms with Gasteiger partial charge in [-0.2, -0.15) is 0 Å². The van der Waals surface area contributed by atoms with E-state index in [-0.39, 0.29) is 17.4 Å². The lowest BCUT2D eigenvalue weighted by atomic mass is 9.99. The van der Waals surface area contributed by atoms with Gasteiger partial charge in [0.15, 0.2) is 8.32 Å². The van der Waals surface area contributed by atoms with Crippen LogP contribution in [0.25, 0.3) is 0 Å². The first-order chi connectivity index (χ1) is 13.6. The average molecular weight is 438 g/mol. The van der Waals surface area contributed by atoms with Gasteiger partial charge >= 0.3 is 12.1 Å². The number of hydrogen-bond donors (Lipinski definition) is 1. The SMILES string of the molecule is COC(=O)C[C@@H](O[Si](C)(C)C(C)(C)C)[C@H](Cc1ccccc1)NC(=O)OC(C)(C)C. The van der Waals surface area contributed by atoms with E-state index >= 15 is 0 Å². The van der Waals surface area contributed by atoms with E-state index in [0.717, 1.165) is 5.56 Å². The maximum absolute atomic E-state index is 12.6. The van der Waals surface area contributed by atoms with Crippen LogP contribution in [-0.2, 0) is 25.1 Å². The minimum atomic E-state index is -2.23. The molecular weight excluding hydrogens is 398 g/mol. The Bertz CT molecular complexity index is 692. The molecule has 0 aliphatic heterocycles. The summed E-state index contributed by atoms with van der Waals surface area (Å²) in [6, 6.07) is 9.37. The van der Waals surface area contributed by atoms with E-state index in [2.05, 4.69) is 39.2 Å². The molecule has 0 aliphatic rings. The number of amides is 1. The van der Waals surface area contributed by atoms with Gasteiger partial charge in [0.25, 0.3) is 0 Å².